The maximum absolute atomic E-state index is 2.68. The average Bonchev–Trinajstić information content (AvgIpc) is 3.17. The van der Waals surface area contributed by atoms with Gasteiger partial charge < -0.3 is 0 Å². The molecular weight excluding hydrogens is 417 g/mol. The molecule has 0 radical (unpaired) electrons. The number of hydrogen-bond donors (Lipinski definition) is 0. The molecule has 2 aromatic heterocycles. The van der Waals surface area contributed by atoms with E-state index < -0.39 is 0 Å². The maximum atomic E-state index is 2.68. The van der Waals surface area contributed by atoms with Crippen LogP contribution in [0.3, 0.4) is 0 Å². The van der Waals surface area contributed by atoms with Crippen molar-refractivity contribution in [3.05, 3.63) is 33.6 Å². The molecule has 2 nitrogen and oxygen atoms in total. The predicted molar refractivity (Wildman–Crippen MR) is 116 cm³/mol. The Morgan fingerprint density at radius 1 is 0.481 bits per heavy atom. The predicted octanol–water partition coefficient (Wildman–Crippen LogP) is 4.74. The molecule has 0 atom stereocenters. The molecule has 2 rings (SSSR count). The SMILES string of the molecule is CCc1c(CC)[c]([Ru][c]2c(CC)c(CC)c(CC)n2CC)n(CC)c1CC. The number of rotatable bonds is 10. The summed E-state index contributed by atoms with van der Waals surface area (Å²) in [5, 5.41) is 0. The van der Waals surface area contributed by atoms with Crippen molar-refractivity contribution in [2.45, 2.75) is 107 Å². The van der Waals surface area contributed by atoms with Crippen LogP contribution in [0.1, 0.15) is 89.0 Å². The van der Waals surface area contributed by atoms with Crippen molar-refractivity contribution in [3.8, 4) is 0 Å². The Labute approximate surface area is 175 Å². The van der Waals surface area contributed by atoms with Gasteiger partial charge in [-0.15, -0.1) is 0 Å². The molecule has 0 saturated carbocycles. The Kier molecular flexibility index (Phi) is 8.41. The van der Waals surface area contributed by atoms with Crippen LogP contribution < -0.4 is 8.58 Å². The zero-order valence-electron chi connectivity index (χ0n) is 18.9. The van der Waals surface area contributed by atoms with E-state index >= 15 is 0 Å². The number of aromatic nitrogens is 2. The van der Waals surface area contributed by atoms with Crippen molar-refractivity contribution < 1.29 is 17.1 Å². The summed E-state index contributed by atoms with van der Waals surface area (Å²) in [6.45, 7) is 20.9. The first-order chi connectivity index (χ1) is 13.1. The van der Waals surface area contributed by atoms with E-state index in [9.17, 15) is 0 Å². The van der Waals surface area contributed by atoms with Gasteiger partial charge in [0, 0.05) is 0 Å². The van der Waals surface area contributed by atoms with Crippen molar-refractivity contribution >= 4 is 8.58 Å². The van der Waals surface area contributed by atoms with Gasteiger partial charge in [-0.2, -0.15) is 0 Å². The van der Waals surface area contributed by atoms with Gasteiger partial charge in [0.25, 0.3) is 0 Å². The zero-order valence-corrected chi connectivity index (χ0v) is 20.6. The van der Waals surface area contributed by atoms with E-state index in [0.29, 0.717) is 0 Å². The normalized spacial score (nSPS) is 11.7. The van der Waals surface area contributed by atoms with Gasteiger partial charge in [0.1, 0.15) is 0 Å². The second-order valence-electron chi connectivity index (χ2n) is 7.06. The Balaban J connectivity index is 2.74. The molecule has 0 aromatic carbocycles. The molecule has 27 heavy (non-hydrogen) atoms. The summed E-state index contributed by atoms with van der Waals surface area (Å²) in [6, 6.07) is 0. The van der Waals surface area contributed by atoms with E-state index in [-0.39, 0.29) is 17.1 Å². The minimum absolute atomic E-state index is 0.0561. The van der Waals surface area contributed by atoms with E-state index in [4.69, 9.17) is 0 Å². The summed E-state index contributed by atoms with van der Waals surface area (Å²) in [4.78, 5) is 0. The van der Waals surface area contributed by atoms with Crippen LogP contribution in [0.15, 0.2) is 0 Å². The Bertz CT molecular complexity index is 641. The molecule has 0 N–H and O–H groups in total. The summed E-state index contributed by atoms with van der Waals surface area (Å²) in [5.74, 6) is 0. The average molecular weight is 458 g/mol. The van der Waals surface area contributed by atoms with Gasteiger partial charge in [-0.05, 0) is 0 Å². The molecule has 154 valence electrons. The summed E-state index contributed by atoms with van der Waals surface area (Å²) in [6.07, 6.45) is 6.98. The van der Waals surface area contributed by atoms with E-state index in [1.54, 1.807) is 42.2 Å². The number of nitrogens with zero attached hydrogens (tertiary/aromatic N) is 2. The van der Waals surface area contributed by atoms with Crippen molar-refractivity contribution in [1.29, 1.82) is 0 Å². The standard InChI is InChI=1S/2C12H20N.Ru/c2*1-5-10-9-13(8-4)12(7-3)11(10)6-2;/h2*5-8H2,1-4H3;. The fourth-order valence-electron chi connectivity index (χ4n) is 4.76. The molecule has 0 bridgehead atoms. The third-order valence-corrected chi connectivity index (χ3v) is 8.72. The molecule has 0 aliphatic carbocycles. The van der Waals surface area contributed by atoms with Crippen molar-refractivity contribution in [2.24, 2.45) is 0 Å². The van der Waals surface area contributed by atoms with E-state index in [1.165, 1.54) is 25.7 Å². The van der Waals surface area contributed by atoms with Gasteiger partial charge in [-0.25, -0.2) is 0 Å². The Morgan fingerprint density at radius 2 is 0.815 bits per heavy atom. The minimum atomic E-state index is 0.0561. The summed E-state index contributed by atoms with van der Waals surface area (Å²) in [5.41, 5.74) is 9.81. The zero-order chi connectivity index (χ0) is 20.1. The second-order valence-corrected chi connectivity index (χ2v) is 9.15. The topological polar surface area (TPSA) is 9.86 Å². The molecule has 0 spiro atoms. The van der Waals surface area contributed by atoms with Crippen molar-refractivity contribution in [1.82, 2.24) is 9.13 Å². The van der Waals surface area contributed by atoms with Crippen LogP contribution in [-0.2, 0) is 68.7 Å². The second kappa shape index (κ2) is 10.1. The first-order valence-corrected chi connectivity index (χ1v) is 12.9. The molecule has 2 aromatic rings. The van der Waals surface area contributed by atoms with E-state index in [2.05, 4.69) is 64.5 Å². The van der Waals surface area contributed by atoms with Crippen molar-refractivity contribution in [2.75, 3.05) is 0 Å². The molecule has 0 aliphatic heterocycles. The van der Waals surface area contributed by atoms with Gasteiger partial charge in [0.15, 0.2) is 0 Å². The van der Waals surface area contributed by atoms with E-state index in [1.807, 2.05) is 0 Å². The molecule has 3 heteroatoms. The summed E-state index contributed by atoms with van der Waals surface area (Å²) < 4.78 is 8.71. The first kappa shape index (κ1) is 22.5. The number of hydrogen-bond acceptors (Lipinski definition) is 0. The van der Waals surface area contributed by atoms with Gasteiger partial charge in [0.05, 0.1) is 0 Å². The van der Waals surface area contributed by atoms with Crippen LogP contribution in [0.5, 0.6) is 0 Å². The molecular formula is C24H40N2Ru. The van der Waals surface area contributed by atoms with Crippen LogP contribution in [0.25, 0.3) is 0 Å². The van der Waals surface area contributed by atoms with Crippen LogP contribution in [0.2, 0.25) is 0 Å². The summed E-state index contributed by atoms with van der Waals surface area (Å²) >= 11 is 0.0561. The third kappa shape index (κ3) is 3.86. The Morgan fingerprint density at radius 3 is 1.04 bits per heavy atom. The molecule has 0 aliphatic rings. The van der Waals surface area contributed by atoms with Crippen LogP contribution in [0.4, 0.5) is 0 Å². The molecule has 0 fully saturated rings. The monoisotopic (exact) mass is 458 g/mol. The fraction of sp³-hybridized carbons (Fsp3) is 0.667. The van der Waals surface area contributed by atoms with Crippen LogP contribution >= 0.6 is 0 Å². The summed E-state index contributed by atoms with van der Waals surface area (Å²) in [7, 11) is 0. The molecule has 2 heterocycles. The molecule has 0 unspecified atom stereocenters. The van der Waals surface area contributed by atoms with Crippen LogP contribution in [-0.4, -0.2) is 9.13 Å². The van der Waals surface area contributed by atoms with Gasteiger partial charge in [0.2, 0.25) is 0 Å². The quantitative estimate of drug-likeness (QED) is 0.456. The van der Waals surface area contributed by atoms with Gasteiger partial charge in [-0.3, -0.25) is 0 Å². The van der Waals surface area contributed by atoms with Gasteiger partial charge >= 0.3 is 175 Å². The van der Waals surface area contributed by atoms with Crippen LogP contribution in [0, 0.1) is 0 Å². The molecule has 0 saturated heterocycles. The fourth-order valence-corrected chi connectivity index (χ4v) is 8.30. The van der Waals surface area contributed by atoms with Crippen molar-refractivity contribution in [3.63, 3.8) is 0 Å². The van der Waals surface area contributed by atoms with Gasteiger partial charge in [-0.1, -0.05) is 0 Å². The first-order valence-electron chi connectivity index (χ1n) is 11.2. The van der Waals surface area contributed by atoms with E-state index in [0.717, 1.165) is 25.9 Å². The third-order valence-electron chi connectivity index (χ3n) is 5.90. The Hall–Kier alpha value is -0.817. The molecule has 0 amide bonds.